The maximum Gasteiger partial charge on any atom is 0.407 e. The standard InChI is InChI=1S/C25H27NO7/c1-25(2,3)33-24(29)26-13-5-6-22(27)31-18-11-12-19-20(15-23(28)32-21(19)14-18)16-7-9-17(30-4)10-8-16/h7-12,14-15H,5-6,13H2,1-4H3,(H,26,29). The van der Waals surface area contributed by atoms with E-state index < -0.39 is 23.3 Å². The third-order valence-corrected chi connectivity index (χ3v) is 4.57. The van der Waals surface area contributed by atoms with Gasteiger partial charge in [0.25, 0.3) is 0 Å². The fourth-order valence-electron chi connectivity index (χ4n) is 3.14. The van der Waals surface area contributed by atoms with Gasteiger partial charge in [-0.1, -0.05) is 12.1 Å². The molecule has 8 heteroatoms. The minimum Gasteiger partial charge on any atom is -0.497 e. The smallest absolute Gasteiger partial charge is 0.407 e. The Morgan fingerprint density at radius 2 is 1.70 bits per heavy atom. The topological polar surface area (TPSA) is 104 Å². The van der Waals surface area contributed by atoms with Crippen LogP contribution in [0, 0.1) is 0 Å². The first-order chi connectivity index (χ1) is 15.6. The molecule has 0 aliphatic carbocycles. The minimum absolute atomic E-state index is 0.101. The van der Waals surface area contributed by atoms with Gasteiger partial charge < -0.3 is 23.9 Å². The summed E-state index contributed by atoms with van der Waals surface area (Å²) in [4.78, 5) is 35.9. The number of carbonyl (C=O) groups is 2. The van der Waals surface area contributed by atoms with Gasteiger partial charge in [-0.25, -0.2) is 9.59 Å². The van der Waals surface area contributed by atoms with Crippen LogP contribution in [-0.4, -0.2) is 31.3 Å². The van der Waals surface area contributed by atoms with Crippen LogP contribution in [0.4, 0.5) is 4.79 Å². The van der Waals surface area contributed by atoms with Crippen LogP contribution in [0.25, 0.3) is 22.1 Å². The third-order valence-electron chi connectivity index (χ3n) is 4.57. The van der Waals surface area contributed by atoms with Gasteiger partial charge in [0.1, 0.15) is 22.7 Å². The molecule has 0 aliphatic heterocycles. The first kappa shape index (κ1) is 23.8. The lowest BCUT2D eigenvalue weighted by Crippen LogP contribution is -2.33. The monoisotopic (exact) mass is 453 g/mol. The second kappa shape index (κ2) is 10.2. The fourth-order valence-corrected chi connectivity index (χ4v) is 3.14. The van der Waals surface area contributed by atoms with Gasteiger partial charge in [-0.2, -0.15) is 0 Å². The molecule has 0 radical (unpaired) electrons. The van der Waals surface area contributed by atoms with Crippen LogP contribution in [0.2, 0.25) is 0 Å². The van der Waals surface area contributed by atoms with Gasteiger partial charge in [-0.05, 0) is 62.6 Å². The van der Waals surface area contributed by atoms with E-state index in [1.807, 2.05) is 24.3 Å². The molecule has 0 saturated heterocycles. The highest BCUT2D eigenvalue weighted by Crippen LogP contribution is 2.30. The van der Waals surface area contributed by atoms with E-state index in [1.165, 1.54) is 12.1 Å². The highest BCUT2D eigenvalue weighted by Gasteiger charge is 2.16. The number of benzene rings is 2. The maximum absolute atomic E-state index is 12.2. The number of rotatable bonds is 7. The second-order valence-electron chi connectivity index (χ2n) is 8.37. The zero-order chi connectivity index (χ0) is 24.0. The van der Waals surface area contributed by atoms with Crippen LogP contribution in [0.1, 0.15) is 33.6 Å². The predicted octanol–water partition coefficient (Wildman–Crippen LogP) is 4.68. The molecule has 8 nitrogen and oxygen atoms in total. The number of hydrogen-bond donors (Lipinski definition) is 1. The van der Waals surface area contributed by atoms with E-state index in [0.717, 1.165) is 5.56 Å². The number of esters is 1. The maximum atomic E-state index is 12.2. The van der Waals surface area contributed by atoms with E-state index >= 15 is 0 Å². The van der Waals surface area contributed by atoms with E-state index in [0.29, 0.717) is 28.7 Å². The second-order valence-corrected chi connectivity index (χ2v) is 8.37. The molecule has 0 spiro atoms. The fraction of sp³-hybridized carbons (Fsp3) is 0.320. The Balaban J connectivity index is 1.64. The molecule has 0 bridgehead atoms. The van der Waals surface area contributed by atoms with E-state index in [1.54, 1.807) is 40.0 Å². The average molecular weight is 453 g/mol. The molecule has 3 rings (SSSR count). The Labute approximate surface area is 191 Å². The Hall–Kier alpha value is -3.81. The van der Waals surface area contributed by atoms with E-state index in [2.05, 4.69) is 5.32 Å². The van der Waals surface area contributed by atoms with Crippen molar-refractivity contribution >= 4 is 23.0 Å². The summed E-state index contributed by atoms with van der Waals surface area (Å²) in [6, 6.07) is 13.6. The number of nitrogens with one attached hydrogen (secondary N) is 1. The Kier molecular flexibility index (Phi) is 7.37. The van der Waals surface area contributed by atoms with Crippen molar-refractivity contribution in [2.24, 2.45) is 0 Å². The Morgan fingerprint density at radius 3 is 2.36 bits per heavy atom. The molecule has 3 aromatic rings. The van der Waals surface area contributed by atoms with Gasteiger partial charge in [-0.15, -0.1) is 0 Å². The molecule has 1 aromatic heterocycles. The lowest BCUT2D eigenvalue weighted by atomic mass is 10.0. The molecular formula is C25H27NO7. The molecule has 33 heavy (non-hydrogen) atoms. The lowest BCUT2D eigenvalue weighted by molar-refractivity contribution is -0.134. The largest absolute Gasteiger partial charge is 0.497 e. The number of carbonyl (C=O) groups excluding carboxylic acids is 2. The molecular weight excluding hydrogens is 426 g/mol. The number of hydrogen-bond acceptors (Lipinski definition) is 7. The van der Waals surface area contributed by atoms with Crippen LogP contribution >= 0.6 is 0 Å². The molecule has 0 atom stereocenters. The van der Waals surface area contributed by atoms with Crippen LogP contribution in [-0.2, 0) is 9.53 Å². The van der Waals surface area contributed by atoms with Gasteiger partial charge in [0.2, 0.25) is 0 Å². The van der Waals surface area contributed by atoms with Crippen LogP contribution in [0.5, 0.6) is 11.5 Å². The number of amides is 1. The van der Waals surface area contributed by atoms with Crippen LogP contribution in [0.3, 0.4) is 0 Å². The summed E-state index contributed by atoms with van der Waals surface area (Å²) >= 11 is 0. The molecule has 1 amide bonds. The van der Waals surface area contributed by atoms with Gasteiger partial charge in [-0.3, -0.25) is 4.79 Å². The van der Waals surface area contributed by atoms with Gasteiger partial charge in [0.15, 0.2) is 0 Å². The van der Waals surface area contributed by atoms with Gasteiger partial charge in [0, 0.05) is 30.5 Å². The lowest BCUT2D eigenvalue weighted by Gasteiger charge is -2.19. The first-order valence-electron chi connectivity index (χ1n) is 10.5. The van der Waals surface area contributed by atoms with Crippen LogP contribution in [0.15, 0.2) is 57.7 Å². The quantitative estimate of drug-likeness (QED) is 0.240. The summed E-state index contributed by atoms with van der Waals surface area (Å²) in [5, 5.41) is 3.30. The predicted molar refractivity (Wildman–Crippen MR) is 124 cm³/mol. The van der Waals surface area contributed by atoms with Gasteiger partial charge >= 0.3 is 17.7 Å². The molecule has 1 heterocycles. The number of alkyl carbamates (subject to hydrolysis) is 1. The molecule has 0 unspecified atom stereocenters. The number of fused-ring (bicyclic) bond motifs is 1. The van der Waals surface area contributed by atoms with Crippen molar-refractivity contribution in [3.63, 3.8) is 0 Å². The number of ether oxygens (including phenoxy) is 3. The van der Waals surface area contributed by atoms with Crippen molar-refractivity contribution in [2.45, 2.75) is 39.2 Å². The molecule has 2 aromatic carbocycles. The third kappa shape index (κ3) is 6.83. The molecule has 1 N–H and O–H groups in total. The van der Waals surface area contributed by atoms with Crippen molar-refractivity contribution in [2.75, 3.05) is 13.7 Å². The molecule has 0 aliphatic rings. The van der Waals surface area contributed by atoms with E-state index in [4.69, 9.17) is 18.6 Å². The molecule has 0 saturated carbocycles. The highest BCUT2D eigenvalue weighted by atomic mass is 16.6. The zero-order valence-corrected chi connectivity index (χ0v) is 19.1. The van der Waals surface area contributed by atoms with Crippen molar-refractivity contribution in [1.29, 1.82) is 0 Å². The summed E-state index contributed by atoms with van der Waals surface area (Å²) in [6.45, 7) is 5.60. The summed E-state index contributed by atoms with van der Waals surface area (Å²) < 4.78 is 21.0. The Bertz CT molecular complexity index is 1190. The summed E-state index contributed by atoms with van der Waals surface area (Å²) in [6.07, 6.45) is -0.0421. The zero-order valence-electron chi connectivity index (χ0n) is 19.1. The first-order valence-corrected chi connectivity index (χ1v) is 10.5. The van der Waals surface area contributed by atoms with E-state index in [9.17, 15) is 14.4 Å². The summed E-state index contributed by atoms with van der Waals surface area (Å²) in [7, 11) is 1.59. The van der Waals surface area contributed by atoms with E-state index in [-0.39, 0.29) is 18.7 Å². The number of methoxy groups -OCH3 is 1. The average Bonchev–Trinajstić information content (AvgIpc) is 2.75. The van der Waals surface area contributed by atoms with Crippen molar-refractivity contribution in [1.82, 2.24) is 5.32 Å². The minimum atomic E-state index is -0.582. The molecule has 0 fully saturated rings. The normalized spacial score (nSPS) is 11.2. The van der Waals surface area contributed by atoms with Gasteiger partial charge in [0.05, 0.1) is 7.11 Å². The van der Waals surface area contributed by atoms with Crippen LogP contribution < -0.4 is 20.4 Å². The van der Waals surface area contributed by atoms with Crippen molar-refractivity contribution in [3.05, 3.63) is 59.0 Å². The Morgan fingerprint density at radius 1 is 1.00 bits per heavy atom. The van der Waals surface area contributed by atoms with Crippen molar-refractivity contribution < 1.29 is 28.2 Å². The summed E-state index contributed by atoms with van der Waals surface area (Å²) in [5.41, 5.74) is 0.752. The summed E-state index contributed by atoms with van der Waals surface area (Å²) in [5.74, 6) is 0.512. The SMILES string of the molecule is COc1ccc(-c2cc(=O)oc3cc(OC(=O)CCCNC(=O)OC(C)(C)C)ccc23)cc1. The van der Waals surface area contributed by atoms with Crippen molar-refractivity contribution in [3.8, 4) is 22.6 Å². The molecule has 174 valence electrons. The highest BCUT2D eigenvalue weighted by molar-refractivity contribution is 5.94.